The van der Waals surface area contributed by atoms with Gasteiger partial charge >= 0.3 is 0 Å². The second-order valence-electron chi connectivity index (χ2n) is 4.42. The number of nitrogens with one attached hydrogen (secondary N) is 1. The van der Waals surface area contributed by atoms with Gasteiger partial charge in [0.15, 0.2) is 11.6 Å². The molecule has 0 radical (unpaired) electrons. The molecule has 0 aliphatic carbocycles. The van der Waals surface area contributed by atoms with Crippen LogP contribution in [0.25, 0.3) is 0 Å². The number of benzene rings is 1. The maximum Gasteiger partial charge on any atom is 0.165 e. The van der Waals surface area contributed by atoms with Crippen LogP contribution in [-0.4, -0.2) is 33.4 Å². The van der Waals surface area contributed by atoms with E-state index in [9.17, 15) is 4.39 Å². The van der Waals surface area contributed by atoms with Crippen molar-refractivity contribution in [2.45, 2.75) is 25.8 Å². The fourth-order valence-electron chi connectivity index (χ4n) is 1.82. The Morgan fingerprint density at radius 3 is 2.56 bits per heavy atom. The molecule has 0 aliphatic rings. The lowest BCUT2D eigenvalue weighted by Crippen LogP contribution is -2.33. The molecule has 2 atom stereocenters. The van der Waals surface area contributed by atoms with Crippen molar-refractivity contribution in [2.24, 2.45) is 0 Å². The van der Waals surface area contributed by atoms with Crippen LogP contribution in [0.3, 0.4) is 0 Å². The van der Waals surface area contributed by atoms with Gasteiger partial charge in [0.2, 0.25) is 0 Å². The van der Waals surface area contributed by atoms with Crippen molar-refractivity contribution in [2.75, 3.05) is 27.4 Å². The van der Waals surface area contributed by atoms with Crippen molar-refractivity contribution in [3.63, 3.8) is 0 Å². The lowest BCUT2D eigenvalue weighted by Gasteiger charge is -2.22. The van der Waals surface area contributed by atoms with Gasteiger partial charge in [0.1, 0.15) is 0 Å². The van der Waals surface area contributed by atoms with Gasteiger partial charge in [0, 0.05) is 19.7 Å². The summed E-state index contributed by atoms with van der Waals surface area (Å²) in [5.74, 6) is 0.194. The SMILES string of the molecule is COCCNC(C)C(C)c1ccc(OC)c(F)c1. The summed E-state index contributed by atoms with van der Waals surface area (Å²) >= 11 is 0. The van der Waals surface area contributed by atoms with Crippen molar-refractivity contribution in [3.05, 3.63) is 29.6 Å². The van der Waals surface area contributed by atoms with Crippen LogP contribution in [0.15, 0.2) is 18.2 Å². The molecule has 0 fully saturated rings. The van der Waals surface area contributed by atoms with Crippen molar-refractivity contribution in [1.29, 1.82) is 0 Å². The monoisotopic (exact) mass is 255 g/mol. The Balaban J connectivity index is 2.65. The third-order valence-electron chi connectivity index (χ3n) is 3.22. The molecular formula is C14H22FNO2. The minimum atomic E-state index is -0.314. The summed E-state index contributed by atoms with van der Waals surface area (Å²) in [5.41, 5.74) is 0.964. The van der Waals surface area contributed by atoms with Gasteiger partial charge in [0.05, 0.1) is 13.7 Å². The number of ether oxygens (including phenoxy) is 2. The van der Waals surface area contributed by atoms with E-state index in [0.29, 0.717) is 6.61 Å². The molecule has 0 aliphatic heterocycles. The molecule has 3 nitrogen and oxygen atoms in total. The minimum Gasteiger partial charge on any atom is -0.494 e. The highest BCUT2D eigenvalue weighted by Crippen LogP contribution is 2.24. The van der Waals surface area contributed by atoms with Crippen molar-refractivity contribution in [1.82, 2.24) is 5.32 Å². The average molecular weight is 255 g/mol. The first-order valence-electron chi connectivity index (χ1n) is 6.16. The first-order valence-corrected chi connectivity index (χ1v) is 6.16. The Hall–Kier alpha value is -1.13. The van der Waals surface area contributed by atoms with E-state index in [0.717, 1.165) is 12.1 Å². The molecule has 0 amide bonds. The maximum atomic E-state index is 13.6. The summed E-state index contributed by atoms with van der Waals surface area (Å²) < 4.78 is 23.5. The highest BCUT2D eigenvalue weighted by atomic mass is 19.1. The Kier molecular flexibility index (Phi) is 6.09. The molecule has 1 aromatic rings. The number of rotatable bonds is 7. The molecule has 1 rings (SSSR count). The van der Waals surface area contributed by atoms with Crippen molar-refractivity contribution >= 4 is 0 Å². The van der Waals surface area contributed by atoms with E-state index in [-0.39, 0.29) is 23.5 Å². The summed E-state index contributed by atoms with van der Waals surface area (Å²) in [7, 11) is 3.14. The first kappa shape index (κ1) is 14.9. The van der Waals surface area contributed by atoms with Crippen LogP contribution in [0.2, 0.25) is 0 Å². The highest BCUT2D eigenvalue weighted by molar-refractivity contribution is 5.31. The quantitative estimate of drug-likeness (QED) is 0.760. The molecule has 18 heavy (non-hydrogen) atoms. The van der Waals surface area contributed by atoms with Gasteiger partial charge in [-0.05, 0) is 30.5 Å². The Morgan fingerprint density at radius 1 is 1.28 bits per heavy atom. The standard InChI is InChI=1S/C14H22FNO2/c1-10(11(2)16-7-8-17-3)12-5-6-14(18-4)13(15)9-12/h5-6,9-11,16H,7-8H2,1-4H3. The predicted octanol–water partition coefficient (Wildman–Crippen LogP) is 2.56. The van der Waals surface area contributed by atoms with Gasteiger partial charge in [-0.3, -0.25) is 0 Å². The van der Waals surface area contributed by atoms with Crippen LogP contribution in [0, 0.1) is 5.82 Å². The van der Waals surface area contributed by atoms with E-state index in [2.05, 4.69) is 19.2 Å². The van der Waals surface area contributed by atoms with E-state index in [4.69, 9.17) is 9.47 Å². The first-order chi connectivity index (χ1) is 8.60. The Bertz CT molecular complexity index is 371. The minimum absolute atomic E-state index is 0.224. The van der Waals surface area contributed by atoms with Gasteiger partial charge in [-0.2, -0.15) is 0 Å². The van der Waals surface area contributed by atoms with Gasteiger partial charge in [0.25, 0.3) is 0 Å². The largest absolute Gasteiger partial charge is 0.494 e. The zero-order chi connectivity index (χ0) is 13.5. The summed E-state index contributed by atoms with van der Waals surface area (Å²) in [6.45, 7) is 5.63. The van der Waals surface area contributed by atoms with Crippen LogP contribution in [0.5, 0.6) is 5.75 Å². The third kappa shape index (κ3) is 3.96. The number of hydrogen-bond acceptors (Lipinski definition) is 3. The van der Waals surface area contributed by atoms with E-state index in [1.807, 2.05) is 6.07 Å². The van der Waals surface area contributed by atoms with Crippen molar-refractivity contribution < 1.29 is 13.9 Å². The molecule has 1 N–H and O–H groups in total. The molecule has 0 saturated heterocycles. The molecule has 0 spiro atoms. The summed E-state index contributed by atoms with van der Waals surface area (Å²) in [6, 6.07) is 5.37. The summed E-state index contributed by atoms with van der Waals surface area (Å²) in [5, 5.41) is 3.35. The van der Waals surface area contributed by atoms with E-state index < -0.39 is 0 Å². The smallest absolute Gasteiger partial charge is 0.165 e. The molecule has 1 aromatic carbocycles. The van der Waals surface area contributed by atoms with Gasteiger partial charge in [-0.15, -0.1) is 0 Å². The fourth-order valence-corrected chi connectivity index (χ4v) is 1.82. The number of methoxy groups -OCH3 is 2. The van der Waals surface area contributed by atoms with E-state index in [1.165, 1.54) is 13.2 Å². The van der Waals surface area contributed by atoms with Crippen LogP contribution in [0.1, 0.15) is 25.3 Å². The summed E-state index contributed by atoms with van der Waals surface area (Å²) in [6.07, 6.45) is 0. The van der Waals surface area contributed by atoms with Gasteiger partial charge in [-0.1, -0.05) is 13.0 Å². The molecule has 102 valence electrons. The van der Waals surface area contributed by atoms with Gasteiger partial charge < -0.3 is 14.8 Å². The third-order valence-corrected chi connectivity index (χ3v) is 3.22. The second kappa shape index (κ2) is 7.34. The highest BCUT2D eigenvalue weighted by Gasteiger charge is 2.15. The molecular weight excluding hydrogens is 233 g/mol. The maximum absolute atomic E-state index is 13.6. The number of hydrogen-bond donors (Lipinski definition) is 1. The molecule has 0 aromatic heterocycles. The summed E-state index contributed by atoms with van der Waals surface area (Å²) in [4.78, 5) is 0. The zero-order valence-corrected chi connectivity index (χ0v) is 11.5. The Morgan fingerprint density at radius 2 is 2.00 bits per heavy atom. The lowest BCUT2D eigenvalue weighted by atomic mass is 9.94. The molecule has 0 bridgehead atoms. The molecule has 4 heteroatoms. The molecule has 2 unspecified atom stereocenters. The second-order valence-corrected chi connectivity index (χ2v) is 4.42. The molecule has 0 heterocycles. The Labute approximate surface area is 108 Å². The van der Waals surface area contributed by atoms with Gasteiger partial charge in [-0.25, -0.2) is 4.39 Å². The van der Waals surface area contributed by atoms with Crippen LogP contribution >= 0.6 is 0 Å². The number of halogens is 1. The van der Waals surface area contributed by atoms with E-state index in [1.54, 1.807) is 13.2 Å². The lowest BCUT2D eigenvalue weighted by molar-refractivity contribution is 0.195. The van der Waals surface area contributed by atoms with Crippen LogP contribution in [0.4, 0.5) is 4.39 Å². The topological polar surface area (TPSA) is 30.5 Å². The zero-order valence-electron chi connectivity index (χ0n) is 11.5. The predicted molar refractivity (Wildman–Crippen MR) is 70.7 cm³/mol. The normalized spacial score (nSPS) is 14.3. The van der Waals surface area contributed by atoms with Crippen LogP contribution in [-0.2, 0) is 4.74 Å². The van der Waals surface area contributed by atoms with E-state index >= 15 is 0 Å². The molecule has 0 saturated carbocycles. The van der Waals surface area contributed by atoms with Crippen LogP contribution < -0.4 is 10.1 Å². The van der Waals surface area contributed by atoms with Crippen molar-refractivity contribution in [3.8, 4) is 5.75 Å². The fraction of sp³-hybridized carbons (Fsp3) is 0.571. The average Bonchev–Trinajstić information content (AvgIpc) is 2.38.